The SMILES string of the molecule is N#Cc1ccc(-c2cc(-c3nc(C4=[N+]=C(C5=[N+]=CC=C5)C=C4)nc(-c4ccccc4)n3)nc(-c3ccccc3)n2)cc1. The molecule has 0 radical (unpaired) electrons. The summed E-state index contributed by atoms with van der Waals surface area (Å²) in [6.45, 7) is 0. The number of benzene rings is 3. The van der Waals surface area contributed by atoms with Crippen molar-refractivity contribution in [1.82, 2.24) is 34.3 Å². The van der Waals surface area contributed by atoms with E-state index in [2.05, 4.69) is 10.7 Å². The normalized spacial score (nSPS) is 13.1. The van der Waals surface area contributed by atoms with Crippen molar-refractivity contribution in [3.63, 3.8) is 0 Å². The van der Waals surface area contributed by atoms with E-state index in [1.165, 1.54) is 0 Å². The molecular formula is C34H20N8+2. The van der Waals surface area contributed by atoms with E-state index >= 15 is 0 Å². The van der Waals surface area contributed by atoms with E-state index in [0.29, 0.717) is 46.0 Å². The first-order chi connectivity index (χ1) is 20.7. The Morgan fingerprint density at radius 3 is 1.81 bits per heavy atom. The van der Waals surface area contributed by atoms with Crippen LogP contribution in [0, 0.1) is 11.3 Å². The van der Waals surface area contributed by atoms with E-state index < -0.39 is 0 Å². The maximum Gasteiger partial charge on any atom is 0.417 e. The molecule has 0 bridgehead atoms. The topological polar surface area (TPSA) is 116 Å². The maximum absolute atomic E-state index is 9.27. The monoisotopic (exact) mass is 540 g/mol. The van der Waals surface area contributed by atoms with Crippen LogP contribution in [0.5, 0.6) is 0 Å². The number of nitrogens with zero attached hydrogens (tertiary/aromatic N) is 8. The van der Waals surface area contributed by atoms with Gasteiger partial charge in [-0.2, -0.15) is 10.2 Å². The summed E-state index contributed by atoms with van der Waals surface area (Å²) in [5, 5.41) is 9.27. The minimum Gasteiger partial charge on any atom is -0.228 e. The van der Waals surface area contributed by atoms with Gasteiger partial charge >= 0.3 is 17.1 Å². The Morgan fingerprint density at radius 2 is 1.14 bits per heavy atom. The molecule has 0 fully saturated rings. The molecule has 0 N–H and O–H groups in total. The molecule has 8 nitrogen and oxygen atoms in total. The summed E-state index contributed by atoms with van der Waals surface area (Å²) in [5.41, 5.74) is 6.48. The number of allylic oxidation sites excluding steroid dienone is 4. The van der Waals surface area contributed by atoms with Crippen LogP contribution < -0.4 is 9.34 Å². The van der Waals surface area contributed by atoms with Crippen LogP contribution in [0.25, 0.3) is 45.6 Å². The predicted octanol–water partition coefficient (Wildman–Crippen LogP) is 4.22. The number of hydrogen-bond acceptors (Lipinski definition) is 6. The largest absolute Gasteiger partial charge is 0.417 e. The van der Waals surface area contributed by atoms with Crippen LogP contribution in [0.2, 0.25) is 0 Å². The standard InChI is InChI=1S/C34H20N8/c35-21-22-13-15-23(16-14-22)29-20-30(39-31(38-29)24-8-3-1-4-9-24)34-41-32(25-10-5-2-6-11-25)40-33(42-34)28-18-17-27(37-28)26-12-7-19-36-26/h1-20H/q+2. The third kappa shape index (κ3) is 4.88. The zero-order chi connectivity index (χ0) is 28.3. The van der Waals surface area contributed by atoms with Gasteiger partial charge in [-0.1, -0.05) is 82.1 Å². The smallest absolute Gasteiger partial charge is 0.228 e. The summed E-state index contributed by atoms with van der Waals surface area (Å²) in [5.74, 6) is 1.86. The van der Waals surface area contributed by atoms with Gasteiger partial charge in [0.25, 0.3) is 6.21 Å². The highest BCUT2D eigenvalue weighted by atomic mass is 15.1. The number of hydrogen-bond donors (Lipinski definition) is 0. The van der Waals surface area contributed by atoms with Crippen LogP contribution in [0.15, 0.2) is 115 Å². The molecule has 0 unspecified atom stereocenters. The molecule has 0 amide bonds. The second-order valence-electron chi connectivity index (χ2n) is 9.43. The molecule has 4 heterocycles. The fourth-order valence-electron chi connectivity index (χ4n) is 4.54. The molecule has 2 aliphatic rings. The first-order valence-electron chi connectivity index (χ1n) is 13.2. The number of aromatic nitrogens is 5. The average Bonchev–Trinajstić information content (AvgIpc) is 3.79. The van der Waals surface area contributed by atoms with Crippen molar-refractivity contribution in [2.45, 2.75) is 0 Å². The predicted molar refractivity (Wildman–Crippen MR) is 165 cm³/mol. The van der Waals surface area contributed by atoms with E-state index in [1.54, 1.807) is 18.3 Å². The lowest BCUT2D eigenvalue weighted by molar-refractivity contribution is 1.03. The van der Waals surface area contributed by atoms with Crippen LogP contribution in [-0.4, -0.2) is 48.3 Å². The lowest BCUT2D eigenvalue weighted by atomic mass is 10.1. The van der Waals surface area contributed by atoms with Crippen molar-refractivity contribution in [3.05, 3.63) is 127 Å². The lowest BCUT2D eigenvalue weighted by Crippen LogP contribution is -2.14. The third-order valence-electron chi connectivity index (χ3n) is 6.65. The van der Waals surface area contributed by atoms with Crippen molar-refractivity contribution >= 4 is 23.3 Å². The molecule has 42 heavy (non-hydrogen) atoms. The van der Waals surface area contributed by atoms with E-state index in [0.717, 1.165) is 28.1 Å². The van der Waals surface area contributed by atoms with E-state index in [4.69, 9.17) is 29.6 Å². The minimum atomic E-state index is 0.393. The zero-order valence-corrected chi connectivity index (χ0v) is 22.1. The van der Waals surface area contributed by atoms with Crippen LogP contribution in [0.1, 0.15) is 11.4 Å². The quantitative estimate of drug-likeness (QED) is 0.298. The summed E-state index contributed by atoms with van der Waals surface area (Å²) in [6, 6.07) is 30.8. The van der Waals surface area contributed by atoms with Gasteiger partial charge in [0.2, 0.25) is 5.82 Å². The molecule has 2 aromatic heterocycles. The molecule has 8 heteroatoms. The molecule has 0 saturated carbocycles. The summed E-state index contributed by atoms with van der Waals surface area (Å²) in [4.78, 5) is 24.3. The van der Waals surface area contributed by atoms with Crippen molar-refractivity contribution in [3.8, 4) is 51.6 Å². The van der Waals surface area contributed by atoms with Gasteiger partial charge in [-0.15, -0.1) is 0 Å². The lowest BCUT2D eigenvalue weighted by Gasteiger charge is -2.10. The Bertz CT molecular complexity index is 2090. The van der Waals surface area contributed by atoms with Gasteiger partial charge in [0.05, 0.1) is 17.3 Å². The Hall–Kier alpha value is -6.38. The van der Waals surface area contributed by atoms with Crippen LogP contribution in [0.3, 0.4) is 0 Å². The maximum atomic E-state index is 9.27. The summed E-state index contributed by atoms with van der Waals surface area (Å²) < 4.78 is 9.13. The van der Waals surface area contributed by atoms with Crippen LogP contribution in [-0.2, 0) is 0 Å². The van der Waals surface area contributed by atoms with Crippen molar-refractivity contribution < 1.29 is 0 Å². The summed E-state index contributed by atoms with van der Waals surface area (Å²) >= 11 is 0. The average molecular weight is 541 g/mol. The molecule has 0 spiro atoms. The molecule has 3 aromatic carbocycles. The summed E-state index contributed by atoms with van der Waals surface area (Å²) in [7, 11) is 0. The van der Waals surface area contributed by atoms with Gasteiger partial charge in [0.1, 0.15) is 5.69 Å². The Morgan fingerprint density at radius 1 is 0.524 bits per heavy atom. The fourth-order valence-corrected chi connectivity index (χ4v) is 4.54. The van der Waals surface area contributed by atoms with Gasteiger partial charge in [0.15, 0.2) is 17.5 Å². The molecule has 2 aliphatic heterocycles. The zero-order valence-electron chi connectivity index (χ0n) is 22.1. The van der Waals surface area contributed by atoms with Crippen LogP contribution in [0.4, 0.5) is 0 Å². The second kappa shape index (κ2) is 10.6. The summed E-state index contributed by atoms with van der Waals surface area (Å²) in [6.07, 6.45) is 9.32. The Labute approximate surface area is 241 Å². The molecule has 0 atom stereocenters. The van der Waals surface area contributed by atoms with E-state index in [-0.39, 0.29) is 0 Å². The van der Waals surface area contributed by atoms with Gasteiger partial charge in [0, 0.05) is 41.0 Å². The van der Waals surface area contributed by atoms with Crippen LogP contribution >= 0.6 is 0 Å². The Balaban J connectivity index is 1.43. The first-order valence-corrected chi connectivity index (χ1v) is 13.2. The van der Waals surface area contributed by atoms with Crippen molar-refractivity contribution in [1.29, 1.82) is 5.26 Å². The molecular weight excluding hydrogens is 520 g/mol. The molecule has 0 aliphatic carbocycles. The highest BCUT2D eigenvalue weighted by Crippen LogP contribution is 2.27. The highest BCUT2D eigenvalue weighted by molar-refractivity contribution is 6.52. The second-order valence-corrected chi connectivity index (χ2v) is 9.43. The third-order valence-corrected chi connectivity index (χ3v) is 6.65. The molecule has 5 aromatic rings. The Kier molecular flexibility index (Phi) is 6.25. The molecule has 7 rings (SSSR count). The van der Waals surface area contributed by atoms with E-state index in [1.807, 2.05) is 103 Å². The molecule has 194 valence electrons. The van der Waals surface area contributed by atoms with Gasteiger partial charge in [-0.05, 0) is 18.2 Å². The minimum absolute atomic E-state index is 0.393. The van der Waals surface area contributed by atoms with Crippen molar-refractivity contribution in [2.24, 2.45) is 0 Å². The molecule has 0 saturated heterocycles. The number of rotatable bonds is 6. The van der Waals surface area contributed by atoms with E-state index in [9.17, 15) is 5.26 Å². The fraction of sp³-hybridized carbons (Fsp3) is 0. The number of nitriles is 1. The van der Waals surface area contributed by atoms with Crippen molar-refractivity contribution in [2.75, 3.05) is 0 Å². The first kappa shape index (κ1) is 24.6. The van der Waals surface area contributed by atoms with Gasteiger partial charge in [-0.25, -0.2) is 19.9 Å². The highest BCUT2D eigenvalue weighted by Gasteiger charge is 2.32. The van der Waals surface area contributed by atoms with Gasteiger partial charge < -0.3 is 0 Å². The van der Waals surface area contributed by atoms with Gasteiger partial charge in [-0.3, -0.25) is 0 Å².